The lowest BCUT2D eigenvalue weighted by atomic mass is 10.2. The van der Waals surface area contributed by atoms with Crippen LogP contribution in [0.4, 0.5) is 5.69 Å². The Kier molecular flexibility index (Phi) is 6.36. The number of carbonyl (C=O) groups is 1. The highest BCUT2D eigenvalue weighted by Crippen LogP contribution is 2.31. The summed E-state index contributed by atoms with van der Waals surface area (Å²) in [5.41, 5.74) is 4.18. The Labute approximate surface area is 213 Å². The number of hydrogen-bond donors (Lipinski definition) is 1. The van der Waals surface area contributed by atoms with E-state index in [0.29, 0.717) is 16.5 Å². The molecule has 0 radical (unpaired) electrons. The summed E-state index contributed by atoms with van der Waals surface area (Å²) in [5.74, 6) is 0.235. The molecule has 3 aromatic carbocycles. The van der Waals surface area contributed by atoms with Crippen LogP contribution >= 0.6 is 38.9 Å². The van der Waals surface area contributed by atoms with E-state index in [2.05, 4.69) is 45.4 Å². The number of nitrogens with zero attached hydrogens (tertiary/aromatic N) is 3. The van der Waals surface area contributed by atoms with E-state index in [1.165, 1.54) is 10.2 Å². The molecule has 0 spiro atoms. The number of hydrogen-bond acceptors (Lipinski definition) is 5. The summed E-state index contributed by atoms with van der Waals surface area (Å²) in [6, 6.07) is 20.9. The van der Waals surface area contributed by atoms with Gasteiger partial charge in [-0.3, -0.25) is 4.79 Å². The van der Waals surface area contributed by atoms with Crippen molar-refractivity contribution < 1.29 is 9.53 Å². The number of aromatic nitrogens is 3. The Morgan fingerprint density at radius 2 is 1.94 bits per heavy atom. The van der Waals surface area contributed by atoms with Gasteiger partial charge < -0.3 is 10.1 Å². The average molecular weight is 554 g/mol. The van der Waals surface area contributed by atoms with Crippen LogP contribution < -0.4 is 10.1 Å². The molecular weight excluding hydrogens is 536 g/mol. The van der Waals surface area contributed by atoms with Gasteiger partial charge in [-0.1, -0.05) is 33.6 Å². The van der Waals surface area contributed by atoms with Gasteiger partial charge in [-0.25, -0.2) is 9.67 Å². The molecule has 0 aliphatic rings. The summed E-state index contributed by atoms with van der Waals surface area (Å²) >= 11 is 11.2. The zero-order valence-corrected chi connectivity index (χ0v) is 21.1. The number of aryl methyl sites for hydroxylation is 1. The smallest absolute Gasteiger partial charge is 0.276 e. The van der Waals surface area contributed by atoms with Crippen LogP contribution in [0.1, 0.15) is 16.1 Å². The molecule has 1 amide bonds. The van der Waals surface area contributed by atoms with E-state index >= 15 is 0 Å². The van der Waals surface area contributed by atoms with E-state index in [-0.39, 0.29) is 18.3 Å². The molecule has 1 N–H and O–H groups in total. The number of anilines is 1. The maximum Gasteiger partial charge on any atom is 0.276 e. The fourth-order valence-electron chi connectivity index (χ4n) is 3.33. The summed E-state index contributed by atoms with van der Waals surface area (Å²) in [7, 11) is 0. The molecule has 170 valence electrons. The number of rotatable bonds is 6. The van der Waals surface area contributed by atoms with E-state index in [9.17, 15) is 4.79 Å². The van der Waals surface area contributed by atoms with E-state index in [4.69, 9.17) is 21.3 Å². The quantitative estimate of drug-likeness (QED) is 0.242. The fraction of sp³-hybridized carbons (Fsp3) is 0.0800. The third-order valence-corrected chi connectivity index (χ3v) is 6.91. The minimum atomic E-state index is -0.302. The number of ether oxygens (including phenoxy) is 1. The minimum absolute atomic E-state index is 0.130. The number of amides is 1. The molecule has 6 nitrogen and oxygen atoms in total. The van der Waals surface area contributed by atoms with E-state index in [0.717, 1.165) is 25.3 Å². The summed E-state index contributed by atoms with van der Waals surface area (Å²) in [6.45, 7) is 2.20. The van der Waals surface area contributed by atoms with Gasteiger partial charge in [-0.15, -0.1) is 11.3 Å². The molecule has 0 saturated carbocycles. The van der Waals surface area contributed by atoms with Crippen molar-refractivity contribution in [2.75, 3.05) is 5.32 Å². The minimum Gasteiger partial charge on any atom is -0.470 e. The maximum atomic E-state index is 12.6. The molecule has 9 heteroatoms. The molecule has 0 unspecified atom stereocenters. The molecule has 0 saturated heterocycles. The van der Waals surface area contributed by atoms with Crippen LogP contribution in [0.2, 0.25) is 5.02 Å². The number of thiazole rings is 1. The summed E-state index contributed by atoms with van der Waals surface area (Å²) in [6.07, 6.45) is 1.68. The zero-order valence-electron chi connectivity index (χ0n) is 18.0. The summed E-state index contributed by atoms with van der Waals surface area (Å²) < 4.78 is 9.24. The van der Waals surface area contributed by atoms with Crippen molar-refractivity contribution in [1.29, 1.82) is 0 Å². The van der Waals surface area contributed by atoms with Crippen LogP contribution in [-0.4, -0.2) is 20.7 Å². The normalized spacial score (nSPS) is 11.0. The number of carbonyl (C=O) groups excluding carboxylic acids is 1. The van der Waals surface area contributed by atoms with Crippen LogP contribution in [0.5, 0.6) is 5.75 Å². The first-order valence-electron chi connectivity index (χ1n) is 10.3. The van der Waals surface area contributed by atoms with E-state index in [1.54, 1.807) is 35.7 Å². The van der Waals surface area contributed by atoms with Gasteiger partial charge in [0.15, 0.2) is 12.4 Å². The molecule has 5 aromatic rings. The van der Waals surface area contributed by atoms with Gasteiger partial charge >= 0.3 is 0 Å². The van der Waals surface area contributed by atoms with Crippen molar-refractivity contribution in [3.8, 4) is 16.3 Å². The first-order chi connectivity index (χ1) is 16.4. The van der Waals surface area contributed by atoms with Crippen molar-refractivity contribution in [3.05, 3.63) is 93.7 Å². The first kappa shape index (κ1) is 22.6. The van der Waals surface area contributed by atoms with Gasteiger partial charge in [0.25, 0.3) is 5.91 Å². The van der Waals surface area contributed by atoms with Gasteiger partial charge in [-0.2, -0.15) is 5.10 Å². The highest BCUT2D eigenvalue weighted by Gasteiger charge is 2.12. The predicted molar refractivity (Wildman–Crippen MR) is 140 cm³/mol. The fourth-order valence-corrected chi connectivity index (χ4v) is 5.13. The van der Waals surface area contributed by atoms with Crippen molar-refractivity contribution in [3.63, 3.8) is 0 Å². The van der Waals surface area contributed by atoms with Crippen molar-refractivity contribution in [2.24, 2.45) is 0 Å². The standard InChI is InChI=1S/C25H18BrClN4O2S/c1-15-2-8-20-23(12-15)34-25(29-20)16-3-6-18(7-4-16)28-24(32)21-10-11-31(30-21)14-33-22-9-5-17(26)13-19(22)27/h2-13H,14H2,1H3,(H,28,32). The maximum absolute atomic E-state index is 12.6. The number of benzene rings is 3. The van der Waals surface area contributed by atoms with Crippen molar-refractivity contribution in [1.82, 2.24) is 14.8 Å². The molecule has 0 atom stereocenters. The topological polar surface area (TPSA) is 69.0 Å². The second-order valence-corrected chi connectivity index (χ2v) is 9.96. The van der Waals surface area contributed by atoms with Gasteiger partial charge in [0.2, 0.25) is 0 Å². The Balaban J connectivity index is 1.22. The Morgan fingerprint density at radius 3 is 2.74 bits per heavy atom. The highest BCUT2D eigenvalue weighted by molar-refractivity contribution is 9.10. The predicted octanol–water partition coefficient (Wildman–Crippen LogP) is 7.17. The number of nitrogens with one attached hydrogen (secondary N) is 1. The summed E-state index contributed by atoms with van der Waals surface area (Å²) in [5, 5.41) is 8.60. The molecule has 0 aliphatic carbocycles. The Hall–Kier alpha value is -3.20. The third kappa shape index (κ3) is 4.99. The van der Waals surface area contributed by atoms with Crippen molar-refractivity contribution in [2.45, 2.75) is 13.7 Å². The van der Waals surface area contributed by atoms with Gasteiger partial charge in [0.1, 0.15) is 10.8 Å². The number of fused-ring (bicyclic) bond motifs is 1. The monoisotopic (exact) mass is 552 g/mol. The summed E-state index contributed by atoms with van der Waals surface area (Å²) in [4.78, 5) is 17.3. The Morgan fingerprint density at radius 1 is 1.12 bits per heavy atom. The van der Waals surface area contributed by atoms with Crippen LogP contribution in [0, 0.1) is 6.92 Å². The largest absolute Gasteiger partial charge is 0.470 e. The van der Waals surface area contributed by atoms with Crippen LogP contribution in [0.15, 0.2) is 77.4 Å². The van der Waals surface area contributed by atoms with Crippen LogP contribution in [-0.2, 0) is 6.73 Å². The SMILES string of the molecule is Cc1ccc2nc(-c3ccc(NC(=O)c4ccn(COc5ccc(Br)cc5Cl)n4)cc3)sc2c1. The lowest BCUT2D eigenvalue weighted by molar-refractivity contribution is 0.102. The van der Waals surface area contributed by atoms with E-state index < -0.39 is 0 Å². The molecule has 34 heavy (non-hydrogen) atoms. The lowest BCUT2D eigenvalue weighted by Gasteiger charge is -2.08. The Bertz CT molecular complexity index is 1500. The van der Waals surface area contributed by atoms with Crippen LogP contribution in [0.25, 0.3) is 20.8 Å². The number of halogens is 2. The molecule has 2 aromatic heterocycles. The third-order valence-electron chi connectivity index (χ3n) is 5.05. The van der Waals surface area contributed by atoms with E-state index in [1.807, 2.05) is 36.4 Å². The van der Waals surface area contributed by atoms with Gasteiger partial charge in [0.05, 0.1) is 15.2 Å². The molecular formula is C25H18BrClN4O2S. The molecule has 0 aliphatic heterocycles. The molecule has 0 fully saturated rings. The second kappa shape index (κ2) is 9.58. The second-order valence-electron chi connectivity index (χ2n) is 7.61. The van der Waals surface area contributed by atoms with Crippen molar-refractivity contribution >= 4 is 60.7 Å². The lowest BCUT2D eigenvalue weighted by Crippen LogP contribution is -2.14. The average Bonchev–Trinajstić information content (AvgIpc) is 3.46. The van der Waals surface area contributed by atoms with Crippen LogP contribution in [0.3, 0.4) is 0 Å². The van der Waals surface area contributed by atoms with Gasteiger partial charge in [0, 0.05) is 21.9 Å². The zero-order chi connectivity index (χ0) is 23.7. The first-order valence-corrected chi connectivity index (χ1v) is 12.3. The van der Waals surface area contributed by atoms with Gasteiger partial charge in [-0.05, 0) is 73.2 Å². The molecule has 2 heterocycles. The highest BCUT2D eigenvalue weighted by atomic mass is 79.9. The molecule has 5 rings (SSSR count). The molecule has 0 bridgehead atoms.